The number of carbonyl (C=O) groups is 2. The summed E-state index contributed by atoms with van der Waals surface area (Å²) in [5.74, 6) is -0.0780. The second-order valence-electron chi connectivity index (χ2n) is 7.41. The third-order valence-corrected chi connectivity index (χ3v) is 5.18. The number of hydrogen-bond donors (Lipinski definition) is 1. The standard InChI is InChI=1S/C28H21ClN2O4/c29-24-14-10-22(11-15-24)28(33)35-26-9-5-4-8-23(26)18-30-31-27(32)19-34-25-16-12-21(13-17-25)20-6-2-1-3-7-20/h1-18H,19H2,(H,31,32)/b30-18+. The molecule has 0 fully saturated rings. The van der Waals surface area contributed by atoms with E-state index >= 15 is 0 Å². The predicted octanol–water partition coefficient (Wildman–Crippen LogP) is 5.76. The zero-order valence-electron chi connectivity index (χ0n) is 18.6. The lowest BCUT2D eigenvalue weighted by molar-refractivity contribution is -0.123. The van der Waals surface area contributed by atoms with Crippen molar-refractivity contribution in [1.82, 2.24) is 5.43 Å². The Labute approximate surface area is 207 Å². The molecule has 1 amide bonds. The number of carbonyl (C=O) groups excluding carboxylic acids is 2. The van der Waals surface area contributed by atoms with Crippen LogP contribution in [-0.4, -0.2) is 24.7 Å². The first kappa shape index (κ1) is 23.7. The molecule has 0 bridgehead atoms. The highest BCUT2D eigenvalue weighted by molar-refractivity contribution is 6.30. The lowest BCUT2D eigenvalue weighted by Gasteiger charge is -2.08. The van der Waals surface area contributed by atoms with E-state index in [0.717, 1.165) is 11.1 Å². The van der Waals surface area contributed by atoms with Crippen LogP contribution in [0.3, 0.4) is 0 Å². The molecular formula is C28H21ClN2O4. The predicted molar refractivity (Wildman–Crippen MR) is 136 cm³/mol. The fourth-order valence-corrected chi connectivity index (χ4v) is 3.28. The van der Waals surface area contributed by atoms with E-state index in [2.05, 4.69) is 10.5 Å². The van der Waals surface area contributed by atoms with Gasteiger partial charge in [-0.25, -0.2) is 10.2 Å². The second kappa shape index (κ2) is 11.6. The smallest absolute Gasteiger partial charge is 0.343 e. The van der Waals surface area contributed by atoms with Gasteiger partial charge in [0.2, 0.25) is 0 Å². The molecule has 35 heavy (non-hydrogen) atoms. The summed E-state index contributed by atoms with van der Waals surface area (Å²) in [6.45, 7) is -0.199. The molecule has 0 saturated carbocycles. The molecule has 0 radical (unpaired) electrons. The first-order valence-electron chi connectivity index (χ1n) is 10.8. The van der Waals surface area contributed by atoms with Crippen LogP contribution in [-0.2, 0) is 4.79 Å². The highest BCUT2D eigenvalue weighted by atomic mass is 35.5. The van der Waals surface area contributed by atoms with Crippen molar-refractivity contribution in [2.75, 3.05) is 6.61 Å². The molecule has 0 aliphatic heterocycles. The topological polar surface area (TPSA) is 77.0 Å². The van der Waals surface area contributed by atoms with Crippen LogP contribution in [0.4, 0.5) is 0 Å². The van der Waals surface area contributed by atoms with Gasteiger partial charge in [0.15, 0.2) is 6.61 Å². The van der Waals surface area contributed by atoms with Crippen molar-refractivity contribution >= 4 is 29.7 Å². The lowest BCUT2D eigenvalue weighted by atomic mass is 10.1. The van der Waals surface area contributed by atoms with Gasteiger partial charge in [-0.3, -0.25) is 4.79 Å². The Balaban J connectivity index is 1.29. The van der Waals surface area contributed by atoms with Gasteiger partial charge >= 0.3 is 5.97 Å². The van der Waals surface area contributed by atoms with Gasteiger partial charge in [0.25, 0.3) is 5.91 Å². The molecule has 0 saturated heterocycles. The molecule has 4 rings (SSSR count). The van der Waals surface area contributed by atoms with Gasteiger partial charge in [-0.1, -0.05) is 66.2 Å². The third kappa shape index (κ3) is 6.79. The number of nitrogens with one attached hydrogen (secondary N) is 1. The van der Waals surface area contributed by atoms with E-state index < -0.39 is 11.9 Å². The van der Waals surface area contributed by atoms with Crippen LogP contribution in [0.25, 0.3) is 11.1 Å². The van der Waals surface area contributed by atoms with Crippen LogP contribution in [0.5, 0.6) is 11.5 Å². The molecule has 6 nitrogen and oxygen atoms in total. The van der Waals surface area contributed by atoms with Crippen LogP contribution in [0.2, 0.25) is 5.02 Å². The summed E-state index contributed by atoms with van der Waals surface area (Å²) in [7, 11) is 0. The minimum absolute atomic E-state index is 0.199. The zero-order chi connectivity index (χ0) is 24.5. The summed E-state index contributed by atoms with van der Waals surface area (Å²) >= 11 is 5.86. The van der Waals surface area contributed by atoms with Crippen molar-refractivity contribution in [2.24, 2.45) is 5.10 Å². The molecular weight excluding hydrogens is 464 g/mol. The summed E-state index contributed by atoms with van der Waals surface area (Å²) in [6, 6.07) is 30.7. The number of hydrogen-bond acceptors (Lipinski definition) is 5. The van der Waals surface area contributed by atoms with Crippen LogP contribution >= 0.6 is 11.6 Å². The lowest BCUT2D eigenvalue weighted by Crippen LogP contribution is -2.24. The average Bonchev–Trinajstić information content (AvgIpc) is 2.89. The van der Waals surface area contributed by atoms with Crippen LogP contribution in [0, 0.1) is 0 Å². The Morgan fingerprint density at radius 1 is 0.800 bits per heavy atom. The Morgan fingerprint density at radius 2 is 1.46 bits per heavy atom. The van der Waals surface area contributed by atoms with Gasteiger partial charge < -0.3 is 9.47 Å². The summed E-state index contributed by atoms with van der Waals surface area (Å²) in [6.07, 6.45) is 1.40. The summed E-state index contributed by atoms with van der Waals surface area (Å²) in [5.41, 5.74) is 5.45. The molecule has 7 heteroatoms. The zero-order valence-corrected chi connectivity index (χ0v) is 19.3. The molecule has 0 heterocycles. The van der Waals surface area contributed by atoms with Gasteiger partial charge in [-0.05, 0) is 59.7 Å². The molecule has 0 atom stereocenters. The van der Waals surface area contributed by atoms with Crippen molar-refractivity contribution < 1.29 is 19.1 Å². The Hall–Kier alpha value is -4.42. The third-order valence-electron chi connectivity index (χ3n) is 4.93. The molecule has 0 aliphatic rings. The Kier molecular flexibility index (Phi) is 7.88. The highest BCUT2D eigenvalue weighted by Gasteiger charge is 2.11. The van der Waals surface area contributed by atoms with Crippen molar-refractivity contribution in [3.8, 4) is 22.6 Å². The molecule has 4 aromatic rings. The van der Waals surface area contributed by atoms with E-state index in [0.29, 0.717) is 27.6 Å². The fraction of sp³-hybridized carbons (Fsp3) is 0.0357. The van der Waals surface area contributed by atoms with E-state index in [1.807, 2.05) is 54.6 Å². The molecule has 0 aromatic heterocycles. The SMILES string of the molecule is O=C(COc1ccc(-c2ccccc2)cc1)N/N=C/c1ccccc1OC(=O)c1ccc(Cl)cc1. The van der Waals surface area contributed by atoms with E-state index in [9.17, 15) is 9.59 Å². The van der Waals surface area contributed by atoms with Crippen LogP contribution < -0.4 is 14.9 Å². The number of esters is 1. The number of rotatable bonds is 8. The van der Waals surface area contributed by atoms with Crippen LogP contribution in [0.1, 0.15) is 15.9 Å². The first-order chi connectivity index (χ1) is 17.1. The van der Waals surface area contributed by atoms with Gasteiger partial charge in [-0.15, -0.1) is 0 Å². The van der Waals surface area contributed by atoms with Crippen LogP contribution in [0.15, 0.2) is 108 Å². The fourth-order valence-electron chi connectivity index (χ4n) is 3.15. The average molecular weight is 485 g/mol. The molecule has 0 spiro atoms. The van der Waals surface area contributed by atoms with E-state index in [4.69, 9.17) is 21.1 Å². The largest absolute Gasteiger partial charge is 0.484 e. The van der Waals surface area contributed by atoms with E-state index in [1.54, 1.807) is 48.5 Å². The monoisotopic (exact) mass is 484 g/mol. The number of nitrogens with zero attached hydrogens (tertiary/aromatic N) is 1. The van der Waals surface area contributed by atoms with Crippen molar-refractivity contribution in [3.63, 3.8) is 0 Å². The molecule has 0 unspecified atom stereocenters. The summed E-state index contributed by atoms with van der Waals surface area (Å²) in [4.78, 5) is 24.5. The van der Waals surface area contributed by atoms with Crippen molar-refractivity contribution in [1.29, 1.82) is 0 Å². The van der Waals surface area contributed by atoms with E-state index in [-0.39, 0.29) is 6.61 Å². The molecule has 0 aliphatic carbocycles. The first-order valence-corrected chi connectivity index (χ1v) is 11.1. The van der Waals surface area contributed by atoms with E-state index in [1.165, 1.54) is 6.21 Å². The molecule has 174 valence electrons. The maximum absolute atomic E-state index is 12.4. The quantitative estimate of drug-likeness (QED) is 0.149. The van der Waals surface area contributed by atoms with Gasteiger partial charge in [0, 0.05) is 10.6 Å². The van der Waals surface area contributed by atoms with Gasteiger partial charge in [0.05, 0.1) is 11.8 Å². The van der Waals surface area contributed by atoms with Crippen molar-refractivity contribution in [3.05, 3.63) is 119 Å². The van der Waals surface area contributed by atoms with Crippen molar-refractivity contribution in [2.45, 2.75) is 0 Å². The number of para-hydroxylation sites is 1. The van der Waals surface area contributed by atoms with Gasteiger partial charge in [0.1, 0.15) is 11.5 Å². The summed E-state index contributed by atoms with van der Waals surface area (Å²) in [5, 5.41) is 4.47. The number of halogens is 1. The highest BCUT2D eigenvalue weighted by Crippen LogP contribution is 2.22. The Morgan fingerprint density at radius 3 is 2.20 bits per heavy atom. The Bertz CT molecular complexity index is 1320. The maximum atomic E-state index is 12.4. The minimum Gasteiger partial charge on any atom is -0.484 e. The number of amides is 1. The minimum atomic E-state index is -0.529. The molecule has 1 N–H and O–H groups in total. The van der Waals surface area contributed by atoms with Gasteiger partial charge in [-0.2, -0.15) is 5.10 Å². The maximum Gasteiger partial charge on any atom is 0.343 e. The molecule has 4 aromatic carbocycles. The second-order valence-corrected chi connectivity index (χ2v) is 7.84. The summed E-state index contributed by atoms with van der Waals surface area (Å²) < 4.78 is 11.0. The number of ether oxygens (including phenoxy) is 2. The number of hydrazone groups is 1. The number of benzene rings is 4. The normalized spacial score (nSPS) is 10.7.